The van der Waals surface area contributed by atoms with Crippen LogP contribution in [0.2, 0.25) is 0 Å². The van der Waals surface area contributed by atoms with E-state index in [9.17, 15) is 9.90 Å². The van der Waals surface area contributed by atoms with Crippen molar-refractivity contribution in [3.05, 3.63) is 48.0 Å². The average Bonchev–Trinajstić information content (AvgIpc) is 2.54. The Hall–Kier alpha value is -2.69. The van der Waals surface area contributed by atoms with Gasteiger partial charge in [0.05, 0.1) is 12.3 Å². The lowest BCUT2D eigenvalue weighted by atomic mass is 10.2. The van der Waals surface area contributed by atoms with Crippen LogP contribution in [0.15, 0.2) is 42.5 Å². The maximum atomic E-state index is 12.0. The first kappa shape index (κ1) is 16.7. The molecule has 1 amide bonds. The van der Waals surface area contributed by atoms with Crippen LogP contribution in [0.25, 0.3) is 0 Å². The lowest BCUT2D eigenvalue weighted by molar-refractivity contribution is -0.118. The molecule has 2 aromatic rings. The van der Waals surface area contributed by atoms with Gasteiger partial charge >= 0.3 is 0 Å². The highest BCUT2D eigenvalue weighted by Crippen LogP contribution is 2.27. The molecule has 0 fully saturated rings. The third-order valence-corrected chi connectivity index (χ3v) is 3.10. The fourth-order valence-corrected chi connectivity index (χ4v) is 1.98. The van der Waals surface area contributed by atoms with E-state index in [1.54, 1.807) is 24.3 Å². The van der Waals surface area contributed by atoms with Crippen molar-refractivity contribution in [1.29, 1.82) is 0 Å². The Morgan fingerprint density at radius 2 is 1.83 bits per heavy atom. The minimum atomic E-state index is -0.352. The molecule has 0 aliphatic rings. The van der Waals surface area contributed by atoms with Crippen LogP contribution in [0.5, 0.6) is 17.2 Å². The highest BCUT2D eigenvalue weighted by Gasteiger charge is 2.09. The van der Waals surface area contributed by atoms with E-state index in [-0.39, 0.29) is 18.3 Å². The molecular weight excluding hydrogens is 294 g/mol. The molecule has 0 saturated heterocycles. The molecule has 5 heteroatoms. The molecule has 0 radical (unpaired) electrons. The number of carbonyl (C=O) groups excluding carboxylic acids is 1. The van der Waals surface area contributed by atoms with Gasteiger partial charge in [-0.3, -0.25) is 4.79 Å². The first-order valence-corrected chi connectivity index (χ1v) is 7.54. The van der Waals surface area contributed by atoms with Crippen LogP contribution in [0, 0.1) is 6.92 Å². The van der Waals surface area contributed by atoms with Gasteiger partial charge in [-0.1, -0.05) is 25.1 Å². The van der Waals surface area contributed by atoms with Crippen molar-refractivity contribution >= 4 is 11.6 Å². The first-order chi connectivity index (χ1) is 11.1. The number of rotatable bonds is 7. The Kier molecular flexibility index (Phi) is 5.86. The van der Waals surface area contributed by atoms with Gasteiger partial charge in [0.25, 0.3) is 5.91 Å². The minimum absolute atomic E-state index is 0.0324. The summed E-state index contributed by atoms with van der Waals surface area (Å²) in [4.78, 5) is 12.0. The average molecular weight is 315 g/mol. The van der Waals surface area contributed by atoms with Gasteiger partial charge in [-0.15, -0.1) is 0 Å². The van der Waals surface area contributed by atoms with Crippen LogP contribution in [0.3, 0.4) is 0 Å². The van der Waals surface area contributed by atoms with E-state index >= 15 is 0 Å². The van der Waals surface area contributed by atoms with Gasteiger partial charge in [0.2, 0.25) is 0 Å². The van der Waals surface area contributed by atoms with Gasteiger partial charge in [-0.05, 0) is 43.2 Å². The summed E-state index contributed by atoms with van der Waals surface area (Å²) >= 11 is 0. The maximum absolute atomic E-state index is 12.0. The normalized spacial score (nSPS) is 10.2. The van der Waals surface area contributed by atoms with Crippen LogP contribution >= 0.6 is 0 Å². The smallest absolute Gasteiger partial charge is 0.262 e. The summed E-state index contributed by atoms with van der Waals surface area (Å²) < 4.78 is 11.1. The van der Waals surface area contributed by atoms with E-state index in [1.165, 1.54) is 0 Å². The molecule has 0 aliphatic carbocycles. The van der Waals surface area contributed by atoms with Gasteiger partial charge in [0, 0.05) is 0 Å². The molecule has 0 bridgehead atoms. The Morgan fingerprint density at radius 3 is 2.48 bits per heavy atom. The van der Waals surface area contributed by atoms with E-state index in [4.69, 9.17) is 9.47 Å². The zero-order valence-corrected chi connectivity index (χ0v) is 13.3. The molecule has 0 atom stereocenters. The molecule has 2 aromatic carbocycles. The van der Waals surface area contributed by atoms with Crippen molar-refractivity contribution in [2.45, 2.75) is 20.3 Å². The van der Waals surface area contributed by atoms with E-state index in [1.807, 2.05) is 32.0 Å². The molecule has 2 rings (SSSR count). The van der Waals surface area contributed by atoms with Gasteiger partial charge in [-0.2, -0.15) is 0 Å². The standard InChI is InChI=1S/C18H21NO4/c1-3-10-22-16-6-4-5-7-17(16)23-12-18(21)19-14-9-8-13(2)11-15(14)20/h4-9,11,20H,3,10,12H2,1-2H3,(H,19,21). The number of carbonyl (C=O) groups is 1. The summed E-state index contributed by atoms with van der Waals surface area (Å²) in [5, 5.41) is 12.4. The second kappa shape index (κ2) is 8.08. The second-order valence-electron chi connectivity index (χ2n) is 5.15. The molecular formula is C18H21NO4. The number of phenolic OH excluding ortho intramolecular Hbond substituents is 1. The number of aryl methyl sites for hydroxylation is 1. The third-order valence-electron chi connectivity index (χ3n) is 3.10. The number of ether oxygens (including phenoxy) is 2. The van der Waals surface area contributed by atoms with Crippen LogP contribution in [-0.2, 0) is 4.79 Å². The molecule has 2 N–H and O–H groups in total. The summed E-state index contributed by atoms with van der Waals surface area (Å²) in [6.07, 6.45) is 0.890. The van der Waals surface area contributed by atoms with Gasteiger partial charge < -0.3 is 19.9 Å². The molecule has 0 aliphatic heterocycles. The number of hydrogen-bond acceptors (Lipinski definition) is 4. The SMILES string of the molecule is CCCOc1ccccc1OCC(=O)Nc1ccc(C)cc1O. The van der Waals surface area contributed by atoms with E-state index in [0.29, 0.717) is 23.8 Å². The van der Waals surface area contributed by atoms with Gasteiger partial charge in [0.15, 0.2) is 18.1 Å². The highest BCUT2D eigenvalue weighted by molar-refractivity contribution is 5.93. The maximum Gasteiger partial charge on any atom is 0.262 e. The largest absolute Gasteiger partial charge is 0.506 e. The summed E-state index contributed by atoms with van der Waals surface area (Å²) in [5.74, 6) is 0.809. The number of para-hydroxylation sites is 2. The Balaban J connectivity index is 1.94. The Bertz CT molecular complexity index is 670. The zero-order chi connectivity index (χ0) is 16.7. The van der Waals surface area contributed by atoms with Gasteiger partial charge in [-0.25, -0.2) is 0 Å². The number of hydrogen-bond donors (Lipinski definition) is 2. The molecule has 0 aromatic heterocycles. The summed E-state index contributed by atoms with van der Waals surface area (Å²) in [6, 6.07) is 12.3. The van der Waals surface area contributed by atoms with Crippen LogP contribution < -0.4 is 14.8 Å². The number of phenols is 1. The summed E-state index contributed by atoms with van der Waals surface area (Å²) in [5.41, 5.74) is 1.28. The van der Waals surface area contributed by atoms with Crippen LogP contribution in [0.4, 0.5) is 5.69 Å². The molecule has 0 unspecified atom stereocenters. The van der Waals surface area contributed by atoms with E-state index in [2.05, 4.69) is 5.32 Å². The highest BCUT2D eigenvalue weighted by atomic mass is 16.5. The predicted molar refractivity (Wildman–Crippen MR) is 89.2 cm³/mol. The number of benzene rings is 2. The predicted octanol–water partition coefficient (Wildman–Crippen LogP) is 3.51. The lowest BCUT2D eigenvalue weighted by Crippen LogP contribution is -2.20. The topological polar surface area (TPSA) is 67.8 Å². The molecule has 122 valence electrons. The summed E-state index contributed by atoms with van der Waals surface area (Å²) in [7, 11) is 0. The third kappa shape index (κ3) is 4.92. The molecule has 0 saturated carbocycles. The summed E-state index contributed by atoms with van der Waals surface area (Å²) in [6.45, 7) is 4.30. The van der Waals surface area contributed by atoms with Crippen molar-refractivity contribution in [3.63, 3.8) is 0 Å². The Labute approximate surface area is 135 Å². The van der Waals surface area contributed by atoms with Crippen molar-refractivity contribution in [3.8, 4) is 17.2 Å². The van der Waals surface area contributed by atoms with Crippen molar-refractivity contribution in [2.24, 2.45) is 0 Å². The van der Waals surface area contributed by atoms with Crippen molar-refractivity contribution in [1.82, 2.24) is 0 Å². The Morgan fingerprint density at radius 1 is 1.13 bits per heavy atom. The zero-order valence-electron chi connectivity index (χ0n) is 13.3. The quantitative estimate of drug-likeness (QED) is 0.767. The number of nitrogens with one attached hydrogen (secondary N) is 1. The number of amides is 1. The second-order valence-corrected chi connectivity index (χ2v) is 5.15. The molecule has 0 heterocycles. The number of aromatic hydroxyl groups is 1. The van der Waals surface area contributed by atoms with Crippen molar-refractivity contribution < 1.29 is 19.4 Å². The van der Waals surface area contributed by atoms with Crippen molar-refractivity contribution in [2.75, 3.05) is 18.5 Å². The molecule has 5 nitrogen and oxygen atoms in total. The fraction of sp³-hybridized carbons (Fsp3) is 0.278. The minimum Gasteiger partial charge on any atom is -0.506 e. The number of anilines is 1. The van der Waals surface area contributed by atoms with Gasteiger partial charge in [0.1, 0.15) is 5.75 Å². The van der Waals surface area contributed by atoms with Crippen LogP contribution in [-0.4, -0.2) is 24.2 Å². The molecule has 0 spiro atoms. The monoisotopic (exact) mass is 315 g/mol. The van der Waals surface area contributed by atoms with E-state index in [0.717, 1.165) is 12.0 Å². The van der Waals surface area contributed by atoms with E-state index < -0.39 is 0 Å². The lowest BCUT2D eigenvalue weighted by Gasteiger charge is -2.12. The first-order valence-electron chi connectivity index (χ1n) is 7.54. The molecule has 23 heavy (non-hydrogen) atoms. The van der Waals surface area contributed by atoms with Crippen LogP contribution in [0.1, 0.15) is 18.9 Å². The fourth-order valence-electron chi connectivity index (χ4n) is 1.98.